The smallest absolute Gasteiger partial charge is 0.237 e. The fourth-order valence-corrected chi connectivity index (χ4v) is 2.86. The molecule has 0 bridgehead atoms. The Hall–Kier alpha value is -2.16. The lowest BCUT2D eigenvalue weighted by molar-refractivity contribution is -0.113. The first kappa shape index (κ1) is 15.2. The van der Waals surface area contributed by atoms with Gasteiger partial charge in [-0.3, -0.25) is 9.00 Å². The summed E-state index contributed by atoms with van der Waals surface area (Å²) in [6.07, 6.45) is 0. The minimum absolute atomic E-state index is 0.152. The van der Waals surface area contributed by atoms with Gasteiger partial charge in [-0.25, -0.2) is 0 Å². The van der Waals surface area contributed by atoms with E-state index in [9.17, 15) is 9.00 Å². The van der Waals surface area contributed by atoms with Gasteiger partial charge in [-0.15, -0.1) is 0 Å². The minimum atomic E-state index is -1.45. The van der Waals surface area contributed by atoms with Gasteiger partial charge in [-0.2, -0.15) is 5.26 Å². The summed E-state index contributed by atoms with van der Waals surface area (Å²) in [4.78, 5) is 12.3. The molecular formula is C15H11ClN2O2S. The SMILES string of the molecule is N#Cc1ccc(NC(=O)CS(=O)c2cccc(Cl)c2)cc1. The van der Waals surface area contributed by atoms with Crippen LogP contribution in [-0.2, 0) is 15.6 Å². The zero-order chi connectivity index (χ0) is 15.2. The Morgan fingerprint density at radius 3 is 2.57 bits per heavy atom. The first-order valence-electron chi connectivity index (χ1n) is 6.02. The lowest BCUT2D eigenvalue weighted by Gasteiger charge is -2.05. The van der Waals surface area contributed by atoms with Crippen LogP contribution in [0, 0.1) is 11.3 Å². The van der Waals surface area contributed by atoms with Gasteiger partial charge >= 0.3 is 0 Å². The van der Waals surface area contributed by atoms with Crippen LogP contribution in [-0.4, -0.2) is 15.9 Å². The molecule has 1 N–H and O–H groups in total. The lowest BCUT2D eigenvalue weighted by atomic mass is 10.2. The molecule has 0 radical (unpaired) electrons. The largest absolute Gasteiger partial charge is 0.325 e. The number of nitrogens with zero attached hydrogens (tertiary/aromatic N) is 1. The van der Waals surface area contributed by atoms with Gasteiger partial charge in [0.05, 0.1) is 22.4 Å². The van der Waals surface area contributed by atoms with E-state index in [1.54, 1.807) is 48.5 Å². The second-order valence-corrected chi connectivity index (χ2v) is 6.07. The molecule has 0 aromatic heterocycles. The third-order valence-electron chi connectivity index (χ3n) is 2.62. The molecule has 2 aromatic carbocycles. The normalized spacial score (nSPS) is 11.4. The van der Waals surface area contributed by atoms with Crippen molar-refractivity contribution in [3.63, 3.8) is 0 Å². The molecule has 0 fully saturated rings. The fourth-order valence-electron chi connectivity index (χ4n) is 1.64. The van der Waals surface area contributed by atoms with Crippen molar-refractivity contribution in [1.82, 2.24) is 0 Å². The number of amides is 1. The average molecular weight is 319 g/mol. The van der Waals surface area contributed by atoms with E-state index in [0.29, 0.717) is 21.2 Å². The van der Waals surface area contributed by atoms with Crippen LogP contribution in [0.1, 0.15) is 5.56 Å². The number of rotatable bonds is 4. The summed E-state index contributed by atoms with van der Waals surface area (Å²) in [5.41, 5.74) is 1.07. The van der Waals surface area contributed by atoms with Crippen LogP contribution in [0.25, 0.3) is 0 Å². The number of hydrogen-bond acceptors (Lipinski definition) is 3. The number of hydrogen-bond donors (Lipinski definition) is 1. The fraction of sp³-hybridized carbons (Fsp3) is 0.0667. The molecular weight excluding hydrogens is 308 g/mol. The van der Waals surface area contributed by atoms with E-state index in [2.05, 4.69) is 5.32 Å². The van der Waals surface area contributed by atoms with Gasteiger partial charge in [0.2, 0.25) is 5.91 Å². The number of carbonyl (C=O) groups is 1. The summed E-state index contributed by atoms with van der Waals surface area (Å²) in [5, 5.41) is 11.8. The summed E-state index contributed by atoms with van der Waals surface area (Å²) in [6.45, 7) is 0. The van der Waals surface area contributed by atoms with Crippen LogP contribution in [0.3, 0.4) is 0 Å². The van der Waals surface area contributed by atoms with Crippen molar-refractivity contribution in [2.24, 2.45) is 0 Å². The van der Waals surface area contributed by atoms with Crippen LogP contribution >= 0.6 is 11.6 Å². The van der Waals surface area contributed by atoms with Crippen molar-refractivity contribution in [3.05, 3.63) is 59.1 Å². The Labute approximate surface area is 129 Å². The van der Waals surface area contributed by atoms with Crippen LogP contribution in [0.4, 0.5) is 5.69 Å². The summed E-state index contributed by atoms with van der Waals surface area (Å²) >= 11 is 5.82. The van der Waals surface area contributed by atoms with Gasteiger partial charge in [0.1, 0.15) is 5.75 Å². The van der Waals surface area contributed by atoms with Crippen molar-refractivity contribution in [3.8, 4) is 6.07 Å². The van der Waals surface area contributed by atoms with Crippen molar-refractivity contribution in [2.75, 3.05) is 11.1 Å². The minimum Gasteiger partial charge on any atom is -0.325 e. The van der Waals surface area contributed by atoms with Gasteiger partial charge in [0.25, 0.3) is 0 Å². The van der Waals surface area contributed by atoms with Crippen LogP contribution in [0.2, 0.25) is 5.02 Å². The van der Waals surface area contributed by atoms with Crippen molar-refractivity contribution >= 4 is 34.0 Å². The van der Waals surface area contributed by atoms with E-state index in [1.807, 2.05) is 6.07 Å². The molecule has 0 saturated carbocycles. The molecule has 6 heteroatoms. The summed E-state index contributed by atoms with van der Waals surface area (Å²) in [5.74, 6) is -0.515. The van der Waals surface area contributed by atoms with Crippen LogP contribution in [0.5, 0.6) is 0 Å². The molecule has 106 valence electrons. The summed E-state index contributed by atoms with van der Waals surface area (Å²) in [6, 6.07) is 15.0. The molecule has 2 aromatic rings. The second kappa shape index (κ2) is 7.02. The maximum Gasteiger partial charge on any atom is 0.237 e. The van der Waals surface area contributed by atoms with Crippen molar-refractivity contribution in [1.29, 1.82) is 5.26 Å². The number of nitriles is 1. The Morgan fingerprint density at radius 1 is 1.24 bits per heavy atom. The highest BCUT2D eigenvalue weighted by molar-refractivity contribution is 7.85. The number of halogens is 1. The molecule has 0 heterocycles. The van der Waals surface area contributed by atoms with E-state index < -0.39 is 10.8 Å². The van der Waals surface area contributed by atoms with Crippen LogP contribution < -0.4 is 5.32 Å². The monoisotopic (exact) mass is 318 g/mol. The molecule has 21 heavy (non-hydrogen) atoms. The standard InChI is InChI=1S/C15H11ClN2O2S/c16-12-2-1-3-14(8-12)21(20)10-15(19)18-13-6-4-11(9-17)5-7-13/h1-8H,10H2,(H,18,19). The van der Waals surface area contributed by atoms with Gasteiger partial charge in [0.15, 0.2) is 0 Å². The summed E-state index contributed by atoms with van der Waals surface area (Å²) < 4.78 is 12.0. The molecule has 0 spiro atoms. The van der Waals surface area contributed by atoms with E-state index in [4.69, 9.17) is 16.9 Å². The Kier molecular flexibility index (Phi) is 5.09. The third kappa shape index (κ3) is 4.42. The lowest BCUT2D eigenvalue weighted by Crippen LogP contribution is -2.19. The highest BCUT2D eigenvalue weighted by Gasteiger charge is 2.11. The van der Waals surface area contributed by atoms with Gasteiger partial charge in [0, 0.05) is 15.6 Å². The molecule has 2 rings (SSSR count). The maximum absolute atomic E-state index is 12.0. The van der Waals surface area contributed by atoms with Gasteiger partial charge in [-0.1, -0.05) is 17.7 Å². The molecule has 0 aliphatic heterocycles. The quantitative estimate of drug-likeness (QED) is 0.942. The number of benzene rings is 2. The zero-order valence-electron chi connectivity index (χ0n) is 10.9. The Morgan fingerprint density at radius 2 is 1.95 bits per heavy atom. The highest BCUT2D eigenvalue weighted by Crippen LogP contribution is 2.15. The van der Waals surface area contributed by atoms with E-state index in [-0.39, 0.29) is 11.7 Å². The molecule has 0 saturated heterocycles. The number of anilines is 1. The summed E-state index contributed by atoms with van der Waals surface area (Å²) in [7, 11) is -1.45. The predicted octanol–water partition coefficient (Wildman–Crippen LogP) is 2.96. The molecule has 0 aliphatic rings. The molecule has 0 aliphatic carbocycles. The van der Waals surface area contributed by atoms with Gasteiger partial charge < -0.3 is 5.32 Å². The first-order chi connectivity index (χ1) is 10.1. The molecule has 1 unspecified atom stereocenters. The van der Waals surface area contributed by atoms with Crippen LogP contribution in [0.15, 0.2) is 53.4 Å². The Balaban J connectivity index is 1.98. The topological polar surface area (TPSA) is 70.0 Å². The van der Waals surface area contributed by atoms with Crippen molar-refractivity contribution < 1.29 is 9.00 Å². The first-order valence-corrected chi connectivity index (χ1v) is 7.72. The predicted molar refractivity (Wildman–Crippen MR) is 82.5 cm³/mol. The van der Waals surface area contributed by atoms with E-state index in [1.165, 1.54) is 0 Å². The average Bonchev–Trinajstić information content (AvgIpc) is 2.48. The van der Waals surface area contributed by atoms with E-state index in [0.717, 1.165) is 0 Å². The number of carbonyl (C=O) groups excluding carboxylic acids is 1. The third-order valence-corrected chi connectivity index (χ3v) is 4.16. The Bertz CT molecular complexity index is 723. The van der Waals surface area contributed by atoms with Crippen molar-refractivity contribution in [2.45, 2.75) is 4.90 Å². The molecule has 1 amide bonds. The maximum atomic E-state index is 12.0. The van der Waals surface area contributed by atoms with E-state index >= 15 is 0 Å². The zero-order valence-corrected chi connectivity index (χ0v) is 12.4. The molecule has 1 atom stereocenters. The second-order valence-electron chi connectivity index (χ2n) is 4.18. The highest BCUT2D eigenvalue weighted by atomic mass is 35.5. The van der Waals surface area contributed by atoms with Gasteiger partial charge in [-0.05, 0) is 42.5 Å². The molecule has 4 nitrogen and oxygen atoms in total. The number of nitrogens with one attached hydrogen (secondary N) is 1.